The molecule has 0 N–H and O–H groups in total. The smallest absolute Gasteiger partial charge is 0.189 e. The van der Waals surface area contributed by atoms with Crippen LogP contribution in [0.2, 0.25) is 0 Å². The zero-order valence-electron chi connectivity index (χ0n) is 13.4. The maximum absolute atomic E-state index is 9.26. The molecule has 1 atom stereocenters. The molecule has 1 aliphatic rings. The van der Waals surface area contributed by atoms with Gasteiger partial charge < -0.3 is 9.47 Å². The number of ether oxygens (including phenoxy) is 2. The minimum atomic E-state index is -0.114. The maximum atomic E-state index is 9.26. The van der Waals surface area contributed by atoms with Crippen molar-refractivity contribution in [1.29, 1.82) is 5.26 Å². The van der Waals surface area contributed by atoms with Gasteiger partial charge in [0, 0.05) is 6.61 Å². The number of benzene rings is 1. The molecule has 0 saturated carbocycles. The van der Waals surface area contributed by atoms with Gasteiger partial charge in [0.05, 0.1) is 12.3 Å². The van der Waals surface area contributed by atoms with E-state index in [4.69, 9.17) is 9.47 Å². The lowest BCUT2D eigenvalue weighted by molar-refractivity contribution is 0.106. The predicted octanol–water partition coefficient (Wildman–Crippen LogP) is 3.03. The summed E-state index contributed by atoms with van der Waals surface area (Å²) in [5, 5.41) is 17.4. The standard InChI is InChI=1S/C17H20N4O2/c1-12(2)11-23-14-7-5-13(6-8-14)21-17(15(10-18)19-20-21)16-4-3-9-22-16/h5-8,12,16H,3-4,9,11H2,1-2H3. The second-order valence-electron chi connectivity index (χ2n) is 6.05. The van der Waals surface area contributed by atoms with E-state index in [1.165, 1.54) is 0 Å². The molecule has 120 valence electrons. The SMILES string of the molecule is CC(C)COc1ccc(-n2nnc(C#N)c2C2CCCO2)cc1. The molecule has 2 heterocycles. The van der Waals surface area contributed by atoms with E-state index >= 15 is 0 Å². The second-order valence-corrected chi connectivity index (χ2v) is 6.05. The van der Waals surface area contributed by atoms with E-state index in [1.54, 1.807) is 4.68 Å². The van der Waals surface area contributed by atoms with E-state index < -0.39 is 0 Å². The average Bonchev–Trinajstić information content (AvgIpc) is 3.21. The van der Waals surface area contributed by atoms with Crippen molar-refractivity contribution in [3.05, 3.63) is 35.7 Å². The molecule has 0 amide bonds. The Morgan fingerprint density at radius 3 is 2.78 bits per heavy atom. The third kappa shape index (κ3) is 3.35. The summed E-state index contributed by atoms with van der Waals surface area (Å²) in [7, 11) is 0. The Balaban J connectivity index is 1.87. The molecule has 0 aliphatic carbocycles. The first-order chi connectivity index (χ1) is 11.2. The molecule has 0 radical (unpaired) electrons. The molecule has 2 aromatic rings. The van der Waals surface area contributed by atoms with Crippen molar-refractivity contribution in [1.82, 2.24) is 15.0 Å². The summed E-state index contributed by atoms with van der Waals surface area (Å²) >= 11 is 0. The molecule has 3 rings (SSSR count). The van der Waals surface area contributed by atoms with Crippen molar-refractivity contribution >= 4 is 0 Å². The Hall–Kier alpha value is -2.39. The van der Waals surface area contributed by atoms with Crippen LogP contribution in [0.25, 0.3) is 5.69 Å². The fourth-order valence-electron chi connectivity index (χ4n) is 2.59. The van der Waals surface area contributed by atoms with Crippen LogP contribution >= 0.6 is 0 Å². The highest BCUT2D eigenvalue weighted by atomic mass is 16.5. The van der Waals surface area contributed by atoms with E-state index in [0.717, 1.165) is 30.0 Å². The Morgan fingerprint density at radius 1 is 1.39 bits per heavy atom. The van der Waals surface area contributed by atoms with Crippen molar-refractivity contribution in [2.24, 2.45) is 5.92 Å². The van der Waals surface area contributed by atoms with Crippen molar-refractivity contribution < 1.29 is 9.47 Å². The maximum Gasteiger partial charge on any atom is 0.189 e. The first-order valence-corrected chi connectivity index (χ1v) is 7.89. The average molecular weight is 312 g/mol. The summed E-state index contributed by atoms with van der Waals surface area (Å²) in [6.07, 6.45) is 1.76. The van der Waals surface area contributed by atoms with Gasteiger partial charge in [0.1, 0.15) is 23.6 Å². The van der Waals surface area contributed by atoms with Gasteiger partial charge in [-0.25, -0.2) is 4.68 Å². The van der Waals surface area contributed by atoms with Crippen LogP contribution in [-0.2, 0) is 4.74 Å². The number of nitrogens with zero attached hydrogens (tertiary/aromatic N) is 4. The Bertz CT molecular complexity index is 694. The van der Waals surface area contributed by atoms with Crippen molar-refractivity contribution in [3.63, 3.8) is 0 Å². The van der Waals surface area contributed by atoms with Gasteiger partial charge in [0.2, 0.25) is 0 Å². The fraction of sp³-hybridized carbons (Fsp3) is 0.471. The largest absolute Gasteiger partial charge is 0.493 e. The lowest BCUT2D eigenvalue weighted by Crippen LogP contribution is -2.08. The number of nitriles is 1. The minimum absolute atomic E-state index is 0.114. The Labute approximate surface area is 135 Å². The molecule has 6 nitrogen and oxygen atoms in total. The second kappa shape index (κ2) is 6.80. The third-order valence-electron chi connectivity index (χ3n) is 3.71. The van der Waals surface area contributed by atoms with E-state index in [2.05, 4.69) is 30.2 Å². The van der Waals surface area contributed by atoms with Gasteiger partial charge >= 0.3 is 0 Å². The van der Waals surface area contributed by atoms with Crippen LogP contribution in [0, 0.1) is 17.2 Å². The highest BCUT2D eigenvalue weighted by molar-refractivity contribution is 5.40. The number of hydrogen-bond acceptors (Lipinski definition) is 5. The molecule has 1 fully saturated rings. The topological polar surface area (TPSA) is 73.0 Å². The van der Waals surface area contributed by atoms with Gasteiger partial charge in [-0.15, -0.1) is 5.10 Å². The van der Waals surface area contributed by atoms with Crippen LogP contribution in [0.1, 0.15) is 44.2 Å². The van der Waals surface area contributed by atoms with Crippen LogP contribution in [-0.4, -0.2) is 28.2 Å². The van der Waals surface area contributed by atoms with E-state index in [0.29, 0.717) is 24.8 Å². The Morgan fingerprint density at radius 2 is 2.17 bits per heavy atom. The molecule has 1 aliphatic heterocycles. The van der Waals surface area contributed by atoms with Crippen molar-refractivity contribution in [3.8, 4) is 17.5 Å². The molecule has 6 heteroatoms. The first-order valence-electron chi connectivity index (χ1n) is 7.89. The van der Waals surface area contributed by atoms with Gasteiger partial charge in [-0.3, -0.25) is 0 Å². The van der Waals surface area contributed by atoms with E-state index in [9.17, 15) is 5.26 Å². The highest BCUT2D eigenvalue weighted by Gasteiger charge is 2.27. The molecule has 1 aromatic heterocycles. The summed E-state index contributed by atoms with van der Waals surface area (Å²) < 4.78 is 13.1. The van der Waals surface area contributed by atoms with Crippen LogP contribution in [0.3, 0.4) is 0 Å². The fourth-order valence-corrected chi connectivity index (χ4v) is 2.59. The summed E-state index contributed by atoms with van der Waals surface area (Å²) in [6, 6.07) is 9.76. The zero-order chi connectivity index (χ0) is 16.2. The quantitative estimate of drug-likeness (QED) is 0.848. The van der Waals surface area contributed by atoms with Crippen molar-refractivity contribution in [2.75, 3.05) is 13.2 Å². The highest BCUT2D eigenvalue weighted by Crippen LogP contribution is 2.31. The molecule has 23 heavy (non-hydrogen) atoms. The molecule has 1 aromatic carbocycles. The minimum Gasteiger partial charge on any atom is -0.493 e. The van der Waals surface area contributed by atoms with Crippen LogP contribution in [0.15, 0.2) is 24.3 Å². The lowest BCUT2D eigenvalue weighted by atomic mass is 10.1. The van der Waals surface area contributed by atoms with Gasteiger partial charge in [-0.1, -0.05) is 19.1 Å². The lowest BCUT2D eigenvalue weighted by Gasteiger charge is -2.13. The summed E-state index contributed by atoms with van der Waals surface area (Å²) in [6.45, 7) is 5.62. The number of hydrogen-bond donors (Lipinski definition) is 0. The van der Waals surface area contributed by atoms with Gasteiger partial charge in [-0.05, 0) is 43.0 Å². The van der Waals surface area contributed by atoms with Gasteiger partial charge in [-0.2, -0.15) is 5.26 Å². The van der Waals surface area contributed by atoms with Crippen molar-refractivity contribution in [2.45, 2.75) is 32.8 Å². The molecular weight excluding hydrogens is 292 g/mol. The summed E-state index contributed by atoms with van der Waals surface area (Å²) in [4.78, 5) is 0. The molecule has 0 bridgehead atoms. The summed E-state index contributed by atoms with van der Waals surface area (Å²) in [5.74, 6) is 1.30. The first kappa shape index (κ1) is 15.5. The monoisotopic (exact) mass is 312 g/mol. The molecular formula is C17H20N4O2. The molecule has 1 saturated heterocycles. The van der Waals surface area contributed by atoms with Crippen LogP contribution in [0.4, 0.5) is 0 Å². The van der Waals surface area contributed by atoms with Crippen LogP contribution in [0.5, 0.6) is 5.75 Å². The normalized spacial score (nSPS) is 17.4. The van der Waals surface area contributed by atoms with E-state index in [-0.39, 0.29) is 6.10 Å². The van der Waals surface area contributed by atoms with Crippen LogP contribution < -0.4 is 4.74 Å². The Kier molecular flexibility index (Phi) is 4.58. The number of aromatic nitrogens is 3. The molecule has 1 unspecified atom stereocenters. The van der Waals surface area contributed by atoms with Gasteiger partial charge in [0.15, 0.2) is 5.69 Å². The third-order valence-corrected chi connectivity index (χ3v) is 3.71. The van der Waals surface area contributed by atoms with E-state index in [1.807, 2.05) is 24.3 Å². The predicted molar refractivity (Wildman–Crippen MR) is 84.3 cm³/mol. The number of rotatable bonds is 5. The van der Waals surface area contributed by atoms with Gasteiger partial charge in [0.25, 0.3) is 0 Å². The summed E-state index contributed by atoms with van der Waals surface area (Å²) in [5.41, 5.74) is 1.92. The zero-order valence-corrected chi connectivity index (χ0v) is 13.4. The molecule has 0 spiro atoms.